The maximum absolute atomic E-state index is 12.7. The van der Waals surface area contributed by atoms with Crippen molar-refractivity contribution in [3.63, 3.8) is 0 Å². The number of benzene rings is 2. The second-order valence-corrected chi connectivity index (χ2v) is 7.38. The molecule has 0 atom stereocenters. The number of hydrogen-bond acceptors (Lipinski definition) is 5. The summed E-state index contributed by atoms with van der Waals surface area (Å²) in [6.07, 6.45) is 5.47. The molecule has 4 aromatic rings. The lowest BCUT2D eigenvalue weighted by molar-refractivity contribution is 0.339. The van der Waals surface area contributed by atoms with Gasteiger partial charge in [0.2, 0.25) is 4.96 Å². The molecule has 0 unspecified atom stereocenters. The normalized spacial score (nSPS) is 12.3. The molecule has 0 amide bonds. The van der Waals surface area contributed by atoms with Crippen molar-refractivity contribution in [3.8, 4) is 5.75 Å². The van der Waals surface area contributed by atoms with E-state index >= 15 is 0 Å². The molecule has 0 aliphatic rings. The summed E-state index contributed by atoms with van der Waals surface area (Å²) >= 11 is 7.19. The third-order valence-corrected chi connectivity index (χ3v) is 5.21. The number of nitrogens with zero attached hydrogens (tertiary/aromatic N) is 3. The molecule has 28 heavy (non-hydrogen) atoms. The molecule has 0 radical (unpaired) electrons. The van der Waals surface area contributed by atoms with Gasteiger partial charge in [-0.05, 0) is 42.8 Å². The molecule has 4 rings (SSSR count). The average Bonchev–Trinajstić information content (AvgIpc) is 3.22. The highest BCUT2D eigenvalue weighted by atomic mass is 35.5. The van der Waals surface area contributed by atoms with E-state index in [1.54, 1.807) is 6.08 Å². The number of halogens is 1. The molecular weight excluding hydrogens is 394 g/mol. The van der Waals surface area contributed by atoms with Gasteiger partial charge in [0, 0.05) is 10.6 Å². The molecule has 2 aromatic carbocycles. The number of para-hydroxylation sites is 1. The smallest absolute Gasteiger partial charge is 0.291 e. The average molecular weight is 410 g/mol. The third kappa shape index (κ3) is 3.83. The molecule has 0 N–H and O–H groups in total. The monoisotopic (exact) mass is 409 g/mol. The minimum Gasteiger partial charge on any atom is -0.493 e. The number of aromatic nitrogens is 3. The van der Waals surface area contributed by atoms with E-state index in [-0.39, 0.29) is 5.56 Å². The van der Waals surface area contributed by atoms with E-state index in [4.69, 9.17) is 16.3 Å². The van der Waals surface area contributed by atoms with Crippen LogP contribution in [0.4, 0.5) is 0 Å². The van der Waals surface area contributed by atoms with Crippen LogP contribution >= 0.6 is 22.9 Å². The molecule has 0 aliphatic carbocycles. The Bertz CT molecular complexity index is 1260. The minimum absolute atomic E-state index is 0.190. The Kier molecular flexibility index (Phi) is 5.23. The predicted octanol–water partition coefficient (Wildman–Crippen LogP) is 3.92. The van der Waals surface area contributed by atoms with Crippen LogP contribution in [0.25, 0.3) is 23.2 Å². The second-order valence-electron chi connectivity index (χ2n) is 5.94. The summed E-state index contributed by atoms with van der Waals surface area (Å²) in [5, 5.41) is 4.99. The first kappa shape index (κ1) is 18.4. The number of hydrogen-bond donors (Lipinski definition) is 0. The lowest BCUT2D eigenvalue weighted by Crippen LogP contribution is -2.23. The summed E-state index contributed by atoms with van der Waals surface area (Å²) < 4.78 is 7.52. The summed E-state index contributed by atoms with van der Waals surface area (Å²) in [7, 11) is 0. The molecule has 0 saturated heterocycles. The van der Waals surface area contributed by atoms with Gasteiger partial charge in [-0.15, -0.1) is 5.10 Å². The minimum atomic E-state index is -0.190. The molecule has 7 heteroatoms. The molecule has 2 aromatic heterocycles. The molecule has 0 aliphatic heterocycles. The zero-order valence-corrected chi connectivity index (χ0v) is 16.6. The van der Waals surface area contributed by atoms with Crippen LogP contribution in [0.2, 0.25) is 5.02 Å². The number of thiazole rings is 1. The first-order valence-electron chi connectivity index (χ1n) is 8.71. The first-order chi connectivity index (χ1) is 13.6. The number of rotatable bonds is 5. The van der Waals surface area contributed by atoms with Crippen LogP contribution in [0, 0.1) is 0 Å². The van der Waals surface area contributed by atoms with Crippen molar-refractivity contribution < 1.29 is 4.74 Å². The first-order valence-corrected chi connectivity index (χ1v) is 9.90. The molecule has 0 saturated carbocycles. The van der Waals surface area contributed by atoms with Gasteiger partial charge in [-0.1, -0.05) is 59.3 Å². The van der Waals surface area contributed by atoms with Crippen molar-refractivity contribution in [1.29, 1.82) is 0 Å². The van der Waals surface area contributed by atoms with Crippen LogP contribution in [0.3, 0.4) is 0 Å². The van der Waals surface area contributed by atoms with E-state index in [0.29, 0.717) is 26.9 Å². The third-order valence-electron chi connectivity index (χ3n) is 4.00. The topological polar surface area (TPSA) is 56.5 Å². The second kappa shape index (κ2) is 7.96. The van der Waals surface area contributed by atoms with Gasteiger partial charge in [-0.2, -0.15) is 9.50 Å². The zero-order chi connectivity index (χ0) is 19.5. The quantitative estimate of drug-likeness (QED) is 0.501. The van der Waals surface area contributed by atoms with Crippen LogP contribution in [-0.2, 0) is 0 Å². The lowest BCUT2D eigenvalue weighted by Gasteiger charge is -2.05. The van der Waals surface area contributed by atoms with Crippen molar-refractivity contribution >= 4 is 46.1 Å². The van der Waals surface area contributed by atoms with Crippen molar-refractivity contribution in [2.24, 2.45) is 0 Å². The van der Waals surface area contributed by atoms with E-state index in [0.717, 1.165) is 16.9 Å². The summed E-state index contributed by atoms with van der Waals surface area (Å²) in [5.41, 5.74) is 1.64. The largest absolute Gasteiger partial charge is 0.493 e. The van der Waals surface area contributed by atoms with Crippen LogP contribution in [-0.4, -0.2) is 21.2 Å². The van der Waals surface area contributed by atoms with Crippen LogP contribution in [0.1, 0.15) is 23.9 Å². The Morgan fingerprint density at radius 1 is 1.14 bits per heavy atom. The summed E-state index contributed by atoms with van der Waals surface area (Å²) in [5.74, 6) is 1.23. The SMILES string of the molecule is CCOc1ccccc1/C=c1\sc2nc(/C=C/c3ccc(Cl)cc3)nn2c1=O. The Balaban J connectivity index is 1.67. The molecule has 0 spiro atoms. The summed E-state index contributed by atoms with van der Waals surface area (Å²) in [6.45, 7) is 2.49. The van der Waals surface area contributed by atoms with Crippen molar-refractivity contribution in [3.05, 3.63) is 85.4 Å². The predicted molar refractivity (Wildman–Crippen MR) is 114 cm³/mol. The standard InChI is InChI=1S/C21H16ClN3O2S/c1-2-27-17-6-4-3-5-15(17)13-18-20(26)25-21(28-18)23-19(24-25)12-9-14-7-10-16(22)11-8-14/h3-13H,2H2,1H3/b12-9+,18-13-. The van der Waals surface area contributed by atoms with Gasteiger partial charge in [-0.3, -0.25) is 4.79 Å². The van der Waals surface area contributed by atoms with Gasteiger partial charge in [0.1, 0.15) is 5.75 Å². The molecule has 140 valence electrons. The fourth-order valence-electron chi connectivity index (χ4n) is 2.69. The highest BCUT2D eigenvalue weighted by Gasteiger charge is 2.09. The lowest BCUT2D eigenvalue weighted by atomic mass is 10.2. The maximum Gasteiger partial charge on any atom is 0.291 e. The van der Waals surface area contributed by atoms with Gasteiger partial charge in [0.05, 0.1) is 11.1 Å². The van der Waals surface area contributed by atoms with Crippen LogP contribution < -0.4 is 14.8 Å². The van der Waals surface area contributed by atoms with Gasteiger partial charge in [0.15, 0.2) is 5.82 Å². The van der Waals surface area contributed by atoms with E-state index < -0.39 is 0 Å². The Hall–Kier alpha value is -2.96. The van der Waals surface area contributed by atoms with Crippen molar-refractivity contribution in [1.82, 2.24) is 14.6 Å². The fourth-order valence-corrected chi connectivity index (χ4v) is 3.72. The number of ether oxygens (including phenoxy) is 1. The highest BCUT2D eigenvalue weighted by Crippen LogP contribution is 2.18. The van der Waals surface area contributed by atoms with Gasteiger partial charge in [-0.25, -0.2) is 0 Å². The van der Waals surface area contributed by atoms with Gasteiger partial charge >= 0.3 is 0 Å². The van der Waals surface area contributed by atoms with E-state index in [1.165, 1.54) is 15.9 Å². The van der Waals surface area contributed by atoms with E-state index in [9.17, 15) is 4.79 Å². The van der Waals surface area contributed by atoms with E-state index in [2.05, 4.69) is 10.1 Å². The molecule has 0 fully saturated rings. The Morgan fingerprint density at radius 3 is 2.68 bits per heavy atom. The molecule has 2 heterocycles. The zero-order valence-electron chi connectivity index (χ0n) is 15.0. The molecule has 5 nitrogen and oxygen atoms in total. The van der Waals surface area contributed by atoms with Crippen LogP contribution in [0.15, 0.2) is 53.3 Å². The molecular formula is C21H16ClN3O2S. The number of fused-ring (bicyclic) bond motifs is 1. The fraction of sp³-hybridized carbons (Fsp3) is 0.0952. The van der Waals surface area contributed by atoms with E-state index in [1.807, 2.05) is 67.6 Å². The Labute approximate surface area is 170 Å². The highest BCUT2D eigenvalue weighted by molar-refractivity contribution is 7.15. The van der Waals surface area contributed by atoms with Crippen molar-refractivity contribution in [2.45, 2.75) is 6.92 Å². The van der Waals surface area contributed by atoms with Crippen molar-refractivity contribution in [2.75, 3.05) is 6.61 Å². The van der Waals surface area contributed by atoms with Gasteiger partial charge in [0.25, 0.3) is 5.56 Å². The van der Waals surface area contributed by atoms with Crippen LogP contribution in [0.5, 0.6) is 5.75 Å². The Morgan fingerprint density at radius 2 is 1.93 bits per heavy atom. The maximum atomic E-state index is 12.7. The summed E-state index contributed by atoms with van der Waals surface area (Å²) in [6, 6.07) is 15.1. The summed E-state index contributed by atoms with van der Waals surface area (Å²) in [4.78, 5) is 17.7. The molecule has 0 bridgehead atoms. The van der Waals surface area contributed by atoms with Gasteiger partial charge < -0.3 is 4.74 Å².